The molecule has 0 aromatic carbocycles. The number of hydrogen-bond acceptors (Lipinski definition) is 4. The fourth-order valence-electron chi connectivity index (χ4n) is 2.56. The van der Waals surface area contributed by atoms with E-state index in [4.69, 9.17) is 5.26 Å². The summed E-state index contributed by atoms with van der Waals surface area (Å²) in [5.74, 6) is 1.43. The molecule has 0 unspecified atom stereocenters. The van der Waals surface area contributed by atoms with Crippen LogP contribution in [0.2, 0.25) is 0 Å². The highest BCUT2D eigenvalue weighted by atomic mass is 16.2. The zero-order chi connectivity index (χ0) is 13.9. The lowest BCUT2D eigenvalue weighted by Crippen LogP contribution is -2.45. The van der Waals surface area contributed by atoms with Crippen molar-refractivity contribution in [2.75, 3.05) is 18.0 Å². The monoisotopic (exact) mass is 270 g/mol. The molecule has 2 heterocycles. The fraction of sp³-hybridized carbons (Fsp3) is 0.533. The van der Waals surface area contributed by atoms with E-state index in [1.807, 2.05) is 6.07 Å². The Morgan fingerprint density at radius 2 is 2.05 bits per heavy atom. The Bertz CT molecular complexity index is 522. The number of nitrogens with zero attached hydrogens (tertiary/aromatic N) is 3. The van der Waals surface area contributed by atoms with Gasteiger partial charge in [-0.3, -0.25) is 4.79 Å². The molecule has 0 spiro atoms. The van der Waals surface area contributed by atoms with E-state index in [2.05, 4.69) is 21.3 Å². The van der Waals surface area contributed by atoms with Crippen LogP contribution in [0.5, 0.6) is 0 Å². The molecule has 0 bridgehead atoms. The summed E-state index contributed by atoms with van der Waals surface area (Å²) < 4.78 is 0. The van der Waals surface area contributed by atoms with Crippen LogP contribution in [-0.4, -0.2) is 30.0 Å². The van der Waals surface area contributed by atoms with Crippen molar-refractivity contribution in [1.82, 2.24) is 10.3 Å². The van der Waals surface area contributed by atoms with Gasteiger partial charge in [0.25, 0.3) is 0 Å². The molecule has 20 heavy (non-hydrogen) atoms. The lowest BCUT2D eigenvalue weighted by atomic mass is 10.0. The highest BCUT2D eigenvalue weighted by molar-refractivity contribution is 5.81. The summed E-state index contributed by atoms with van der Waals surface area (Å²) in [7, 11) is 0. The van der Waals surface area contributed by atoms with Gasteiger partial charge < -0.3 is 10.2 Å². The molecule has 1 aromatic rings. The summed E-state index contributed by atoms with van der Waals surface area (Å²) in [5, 5.41) is 11.9. The molecule has 1 saturated carbocycles. The number of hydrogen-bond donors (Lipinski definition) is 1. The maximum absolute atomic E-state index is 11.7. The van der Waals surface area contributed by atoms with Crippen LogP contribution in [0.4, 0.5) is 5.82 Å². The molecule has 1 aliphatic carbocycles. The van der Waals surface area contributed by atoms with Gasteiger partial charge in [-0.15, -0.1) is 0 Å². The van der Waals surface area contributed by atoms with Crippen LogP contribution < -0.4 is 10.2 Å². The van der Waals surface area contributed by atoms with Crippen molar-refractivity contribution >= 4 is 11.7 Å². The molecular formula is C15H18N4O. The normalized spacial score (nSPS) is 19.4. The van der Waals surface area contributed by atoms with Crippen LogP contribution in [0, 0.1) is 17.2 Å². The first-order valence-electron chi connectivity index (χ1n) is 7.18. The Hall–Kier alpha value is -2.09. The summed E-state index contributed by atoms with van der Waals surface area (Å²) in [5.41, 5.74) is 0.584. The van der Waals surface area contributed by atoms with Crippen molar-refractivity contribution < 1.29 is 4.79 Å². The third kappa shape index (κ3) is 2.90. The standard InChI is InChI=1S/C15H18N4O/c16-9-11-1-4-14(17-10-11)19-7-5-13(6-8-19)18-15(20)12-2-3-12/h1,4,10,12-13H,2-3,5-8H2,(H,18,20). The fourth-order valence-corrected chi connectivity index (χ4v) is 2.56. The second kappa shape index (κ2) is 5.49. The van der Waals surface area contributed by atoms with Gasteiger partial charge in [0.05, 0.1) is 5.56 Å². The number of anilines is 1. The van der Waals surface area contributed by atoms with Gasteiger partial charge in [0.1, 0.15) is 11.9 Å². The van der Waals surface area contributed by atoms with Crippen LogP contribution in [0.1, 0.15) is 31.2 Å². The summed E-state index contributed by atoms with van der Waals surface area (Å²) in [6.45, 7) is 1.79. The van der Waals surface area contributed by atoms with Gasteiger partial charge >= 0.3 is 0 Å². The van der Waals surface area contributed by atoms with Crippen LogP contribution in [-0.2, 0) is 4.79 Å². The Kier molecular flexibility index (Phi) is 3.55. The summed E-state index contributed by atoms with van der Waals surface area (Å²) in [6.07, 6.45) is 5.64. The second-order valence-corrected chi connectivity index (χ2v) is 5.56. The number of piperidine rings is 1. The van der Waals surface area contributed by atoms with Crippen molar-refractivity contribution in [2.24, 2.45) is 5.92 Å². The molecule has 1 amide bonds. The van der Waals surface area contributed by atoms with Gasteiger partial charge in [0, 0.05) is 31.2 Å². The van der Waals surface area contributed by atoms with Gasteiger partial charge in [0.15, 0.2) is 0 Å². The second-order valence-electron chi connectivity index (χ2n) is 5.56. The molecule has 104 valence electrons. The topological polar surface area (TPSA) is 69.0 Å². The maximum Gasteiger partial charge on any atom is 0.223 e. The van der Waals surface area contributed by atoms with E-state index in [-0.39, 0.29) is 11.8 Å². The minimum atomic E-state index is 0.236. The minimum absolute atomic E-state index is 0.236. The number of carbonyl (C=O) groups is 1. The lowest BCUT2D eigenvalue weighted by molar-refractivity contribution is -0.123. The van der Waals surface area contributed by atoms with Crippen molar-refractivity contribution in [3.05, 3.63) is 23.9 Å². The first-order valence-corrected chi connectivity index (χ1v) is 7.18. The van der Waals surface area contributed by atoms with E-state index in [1.54, 1.807) is 12.3 Å². The Labute approximate surface area is 118 Å². The highest BCUT2D eigenvalue weighted by Crippen LogP contribution is 2.29. The molecular weight excluding hydrogens is 252 g/mol. The van der Waals surface area contributed by atoms with Gasteiger partial charge in [-0.05, 0) is 37.8 Å². The summed E-state index contributed by atoms with van der Waals surface area (Å²) in [6, 6.07) is 6.06. The van der Waals surface area contributed by atoms with Crippen molar-refractivity contribution in [3.63, 3.8) is 0 Å². The van der Waals surface area contributed by atoms with Gasteiger partial charge in [0.2, 0.25) is 5.91 Å². The lowest BCUT2D eigenvalue weighted by Gasteiger charge is -2.33. The largest absolute Gasteiger partial charge is 0.356 e. The number of rotatable bonds is 3. The van der Waals surface area contributed by atoms with Gasteiger partial charge in [-0.1, -0.05) is 0 Å². The zero-order valence-electron chi connectivity index (χ0n) is 11.4. The molecule has 5 nitrogen and oxygen atoms in total. The molecule has 1 N–H and O–H groups in total. The van der Waals surface area contributed by atoms with E-state index < -0.39 is 0 Å². The first-order chi connectivity index (χ1) is 9.76. The molecule has 2 aliphatic rings. The average molecular weight is 270 g/mol. The van der Waals surface area contributed by atoms with Gasteiger partial charge in [-0.25, -0.2) is 4.98 Å². The number of nitriles is 1. The number of aromatic nitrogens is 1. The number of nitrogens with one attached hydrogen (secondary N) is 1. The zero-order valence-corrected chi connectivity index (χ0v) is 11.4. The smallest absolute Gasteiger partial charge is 0.223 e. The van der Waals surface area contributed by atoms with Crippen molar-refractivity contribution in [3.8, 4) is 6.07 Å². The number of pyridine rings is 1. The van der Waals surface area contributed by atoms with Gasteiger partial charge in [-0.2, -0.15) is 5.26 Å². The Morgan fingerprint density at radius 3 is 2.60 bits per heavy atom. The van der Waals surface area contributed by atoms with E-state index >= 15 is 0 Å². The van der Waals surface area contributed by atoms with E-state index in [0.717, 1.165) is 44.6 Å². The third-order valence-electron chi connectivity index (χ3n) is 3.99. The van der Waals surface area contributed by atoms with Crippen LogP contribution in [0.3, 0.4) is 0 Å². The highest BCUT2D eigenvalue weighted by Gasteiger charge is 2.31. The average Bonchev–Trinajstić information content (AvgIpc) is 3.33. The predicted molar refractivity (Wildman–Crippen MR) is 75.1 cm³/mol. The maximum atomic E-state index is 11.7. The van der Waals surface area contributed by atoms with E-state index in [0.29, 0.717) is 11.6 Å². The van der Waals surface area contributed by atoms with Crippen molar-refractivity contribution in [2.45, 2.75) is 31.7 Å². The summed E-state index contributed by atoms with van der Waals surface area (Å²) in [4.78, 5) is 18.3. The van der Waals surface area contributed by atoms with Crippen LogP contribution in [0.15, 0.2) is 18.3 Å². The molecule has 2 fully saturated rings. The predicted octanol–water partition coefficient (Wildman–Crippen LogP) is 1.45. The van der Waals surface area contributed by atoms with Crippen LogP contribution >= 0.6 is 0 Å². The molecule has 1 saturated heterocycles. The quantitative estimate of drug-likeness (QED) is 0.902. The van der Waals surface area contributed by atoms with Crippen LogP contribution in [0.25, 0.3) is 0 Å². The van der Waals surface area contributed by atoms with Crippen molar-refractivity contribution in [1.29, 1.82) is 5.26 Å². The molecule has 0 radical (unpaired) electrons. The Balaban J connectivity index is 1.52. The molecule has 1 aromatic heterocycles. The molecule has 1 aliphatic heterocycles. The molecule has 5 heteroatoms. The minimum Gasteiger partial charge on any atom is -0.356 e. The molecule has 3 rings (SSSR count). The number of carbonyl (C=O) groups excluding carboxylic acids is 1. The molecule has 0 atom stereocenters. The van der Waals surface area contributed by atoms with E-state index in [1.165, 1.54) is 0 Å². The SMILES string of the molecule is N#Cc1ccc(N2CCC(NC(=O)C3CC3)CC2)nc1. The first kappa shape index (κ1) is 12.9. The third-order valence-corrected chi connectivity index (χ3v) is 3.99. The number of amides is 1. The Morgan fingerprint density at radius 1 is 1.30 bits per heavy atom. The van der Waals surface area contributed by atoms with E-state index in [9.17, 15) is 4.79 Å². The summed E-state index contributed by atoms with van der Waals surface area (Å²) >= 11 is 0.